The summed E-state index contributed by atoms with van der Waals surface area (Å²) >= 11 is 0. The Balaban J connectivity index is 2.18. The lowest BCUT2D eigenvalue weighted by Crippen LogP contribution is -2.33. The molecule has 1 aliphatic heterocycles. The van der Waals surface area contributed by atoms with E-state index in [0.29, 0.717) is 5.92 Å². The van der Waals surface area contributed by atoms with E-state index in [1.165, 1.54) is 19.3 Å². The highest BCUT2D eigenvalue weighted by molar-refractivity contribution is 4.69. The van der Waals surface area contributed by atoms with Gasteiger partial charge in [0.1, 0.15) is 0 Å². The predicted octanol–water partition coefficient (Wildman–Crippen LogP) is 1.12. The summed E-state index contributed by atoms with van der Waals surface area (Å²) in [7, 11) is 0. The summed E-state index contributed by atoms with van der Waals surface area (Å²) in [5.41, 5.74) is 0. The molecule has 1 unspecified atom stereocenters. The molecule has 0 aromatic carbocycles. The first-order valence-electron chi connectivity index (χ1n) is 5.77. The van der Waals surface area contributed by atoms with Gasteiger partial charge in [-0.2, -0.15) is 0 Å². The van der Waals surface area contributed by atoms with Crippen LogP contribution in [-0.2, 0) is 4.74 Å². The lowest BCUT2D eigenvalue weighted by Gasteiger charge is -2.23. The van der Waals surface area contributed by atoms with E-state index >= 15 is 0 Å². The maximum absolute atomic E-state index is 8.94. The van der Waals surface area contributed by atoms with Crippen molar-refractivity contribution in [3.05, 3.63) is 0 Å². The SMILES string of the molecule is CCCCN(CCO)CC1CCOC1. The Bertz CT molecular complexity index is 135. The molecule has 0 aromatic heterocycles. The van der Waals surface area contributed by atoms with Gasteiger partial charge >= 0.3 is 0 Å². The Morgan fingerprint density at radius 3 is 2.86 bits per heavy atom. The van der Waals surface area contributed by atoms with Crippen LogP contribution in [0.2, 0.25) is 0 Å². The molecule has 1 atom stereocenters. The van der Waals surface area contributed by atoms with E-state index in [1.54, 1.807) is 0 Å². The molecule has 0 bridgehead atoms. The Hall–Kier alpha value is -0.120. The molecule has 0 spiro atoms. The number of nitrogens with zero attached hydrogens (tertiary/aromatic N) is 1. The first-order valence-corrected chi connectivity index (χ1v) is 5.77. The van der Waals surface area contributed by atoms with Crippen LogP contribution in [-0.4, -0.2) is 49.5 Å². The zero-order valence-electron chi connectivity index (χ0n) is 9.24. The van der Waals surface area contributed by atoms with E-state index in [4.69, 9.17) is 9.84 Å². The van der Waals surface area contributed by atoms with Gasteiger partial charge in [0, 0.05) is 19.7 Å². The van der Waals surface area contributed by atoms with Gasteiger partial charge in [-0.05, 0) is 25.3 Å². The quantitative estimate of drug-likeness (QED) is 0.670. The molecule has 1 N–H and O–H groups in total. The van der Waals surface area contributed by atoms with E-state index < -0.39 is 0 Å². The van der Waals surface area contributed by atoms with Crippen molar-refractivity contribution in [2.75, 3.05) is 39.5 Å². The van der Waals surface area contributed by atoms with Gasteiger partial charge in [-0.3, -0.25) is 0 Å². The molecule has 1 heterocycles. The molecule has 0 aliphatic carbocycles. The number of aliphatic hydroxyl groups is 1. The first kappa shape index (κ1) is 12.0. The van der Waals surface area contributed by atoms with E-state index in [2.05, 4.69) is 11.8 Å². The molecule has 14 heavy (non-hydrogen) atoms. The average molecular weight is 201 g/mol. The molecule has 0 aromatic rings. The fourth-order valence-corrected chi connectivity index (χ4v) is 1.91. The molecule has 0 radical (unpaired) electrons. The molecular weight excluding hydrogens is 178 g/mol. The standard InChI is InChI=1S/C11H23NO2/c1-2-3-5-12(6-7-13)9-11-4-8-14-10-11/h11,13H,2-10H2,1H3. The highest BCUT2D eigenvalue weighted by atomic mass is 16.5. The number of rotatable bonds is 7. The average Bonchev–Trinajstić information content (AvgIpc) is 2.67. The smallest absolute Gasteiger partial charge is 0.0558 e. The highest BCUT2D eigenvalue weighted by Gasteiger charge is 2.18. The van der Waals surface area contributed by atoms with Gasteiger partial charge in [0.15, 0.2) is 0 Å². The monoisotopic (exact) mass is 201 g/mol. The highest BCUT2D eigenvalue weighted by Crippen LogP contribution is 2.14. The van der Waals surface area contributed by atoms with Crippen LogP contribution in [0.1, 0.15) is 26.2 Å². The summed E-state index contributed by atoms with van der Waals surface area (Å²) in [6, 6.07) is 0. The summed E-state index contributed by atoms with van der Waals surface area (Å²) in [6.07, 6.45) is 3.64. The van der Waals surface area contributed by atoms with Crippen LogP contribution >= 0.6 is 0 Å². The Labute approximate surface area is 87.1 Å². The van der Waals surface area contributed by atoms with Gasteiger partial charge in [-0.25, -0.2) is 0 Å². The van der Waals surface area contributed by atoms with Gasteiger partial charge in [-0.15, -0.1) is 0 Å². The second-order valence-electron chi connectivity index (χ2n) is 4.11. The topological polar surface area (TPSA) is 32.7 Å². The van der Waals surface area contributed by atoms with Crippen molar-refractivity contribution in [3.63, 3.8) is 0 Å². The number of ether oxygens (including phenoxy) is 1. The summed E-state index contributed by atoms with van der Waals surface area (Å²) in [5, 5.41) is 8.94. The summed E-state index contributed by atoms with van der Waals surface area (Å²) in [4.78, 5) is 2.36. The third-order valence-electron chi connectivity index (χ3n) is 2.78. The molecule has 84 valence electrons. The number of hydrogen-bond donors (Lipinski definition) is 1. The number of unbranched alkanes of at least 4 members (excludes halogenated alkanes) is 1. The van der Waals surface area contributed by atoms with Gasteiger partial charge in [0.2, 0.25) is 0 Å². The fourth-order valence-electron chi connectivity index (χ4n) is 1.91. The van der Waals surface area contributed by atoms with Crippen LogP contribution in [0.5, 0.6) is 0 Å². The Morgan fingerprint density at radius 2 is 2.29 bits per heavy atom. The van der Waals surface area contributed by atoms with Crippen molar-refractivity contribution in [3.8, 4) is 0 Å². The molecular formula is C11H23NO2. The minimum Gasteiger partial charge on any atom is -0.395 e. The minimum absolute atomic E-state index is 0.275. The van der Waals surface area contributed by atoms with E-state index in [9.17, 15) is 0 Å². The molecule has 1 saturated heterocycles. The number of hydrogen-bond acceptors (Lipinski definition) is 3. The largest absolute Gasteiger partial charge is 0.395 e. The summed E-state index contributed by atoms with van der Waals surface area (Å²) in [6.45, 7) is 7.34. The van der Waals surface area contributed by atoms with Gasteiger partial charge in [0.25, 0.3) is 0 Å². The zero-order chi connectivity index (χ0) is 10.2. The molecule has 3 nitrogen and oxygen atoms in total. The van der Waals surface area contributed by atoms with Crippen LogP contribution in [0, 0.1) is 5.92 Å². The van der Waals surface area contributed by atoms with Crippen LogP contribution in [0.3, 0.4) is 0 Å². The molecule has 1 aliphatic rings. The van der Waals surface area contributed by atoms with Crippen LogP contribution in [0.4, 0.5) is 0 Å². The lowest BCUT2D eigenvalue weighted by atomic mass is 10.1. The van der Waals surface area contributed by atoms with E-state index in [-0.39, 0.29) is 6.61 Å². The van der Waals surface area contributed by atoms with Gasteiger partial charge in [-0.1, -0.05) is 13.3 Å². The first-order chi connectivity index (χ1) is 6.86. The number of aliphatic hydroxyl groups excluding tert-OH is 1. The Morgan fingerprint density at radius 1 is 1.43 bits per heavy atom. The third kappa shape index (κ3) is 4.40. The fraction of sp³-hybridized carbons (Fsp3) is 1.00. The normalized spacial score (nSPS) is 22.1. The maximum atomic E-state index is 8.94. The summed E-state index contributed by atoms with van der Waals surface area (Å²) < 4.78 is 5.35. The molecule has 0 saturated carbocycles. The maximum Gasteiger partial charge on any atom is 0.0558 e. The van der Waals surface area contributed by atoms with Crippen LogP contribution < -0.4 is 0 Å². The molecule has 1 rings (SSSR count). The van der Waals surface area contributed by atoms with Crippen molar-refractivity contribution < 1.29 is 9.84 Å². The van der Waals surface area contributed by atoms with Crippen molar-refractivity contribution in [1.82, 2.24) is 4.90 Å². The third-order valence-corrected chi connectivity index (χ3v) is 2.78. The van der Waals surface area contributed by atoms with Gasteiger partial charge < -0.3 is 14.7 Å². The van der Waals surface area contributed by atoms with Crippen molar-refractivity contribution in [1.29, 1.82) is 0 Å². The lowest BCUT2D eigenvalue weighted by molar-refractivity contribution is 0.150. The Kier molecular flexibility index (Phi) is 6.15. The van der Waals surface area contributed by atoms with E-state index in [0.717, 1.165) is 32.8 Å². The molecule has 3 heteroatoms. The second kappa shape index (κ2) is 7.21. The predicted molar refractivity (Wildman–Crippen MR) is 57.4 cm³/mol. The molecule has 0 amide bonds. The van der Waals surface area contributed by atoms with E-state index in [1.807, 2.05) is 0 Å². The molecule has 1 fully saturated rings. The van der Waals surface area contributed by atoms with Crippen molar-refractivity contribution in [2.24, 2.45) is 5.92 Å². The summed E-state index contributed by atoms with van der Waals surface area (Å²) in [5.74, 6) is 0.693. The minimum atomic E-state index is 0.275. The zero-order valence-corrected chi connectivity index (χ0v) is 9.24. The van der Waals surface area contributed by atoms with Crippen LogP contribution in [0.25, 0.3) is 0 Å². The van der Waals surface area contributed by atoms with Crippen molar-refractivity contribution >= 4 is 0 Å². The van der Waals surface area contributed by atoms with Crippen molar-refractivity contribution in [2.45, 2.75) is 26.2 Å². The van der Waals surface area contributed by atoms with Crippen LogP contribution in [0.15, 0.2) is 0 Å². The van der Waals surface area contributed by atoms with Gasteiger partial charge in [0.05, 0.1) is 13.2 Å². The second-order valence-corrected chi connectivity index (χ2v) is 4.11.